The number of ether oxygens (including phenoxy) is 2. The molecule has 1 heterocycles. The summed E-state index contributed by atoms with van der Waals surface area (Å²) in [7, 11) is 0. The zero-order valence-corrected chi connectivity index (χ0v) is 20.5. The molecule has 1 aromatic heterocycles. The van der Waals surface area contributed by atoms with E-state index in [9.17, 15) is 9.50 Å². The Bertz CT molecular complexity index is 1130. The van der Waals surface area contributed by atoms with Crippen LogP contribution >= 0.6 is 0 Å². The van der Waals surface area contributed by atoms with Gasteiger partial charge in [-0.1, -0.05) is 74.5 Å². The number of hydrogen-bond donors (Lipinski definition) is 2. The van der Waals surface area contributed by atoms with Crippen molar-refractivity contribution in [1.29, 1.82) is 0 Å². The molecule has 4 rings (SSSR count). The molecule has 6 heteroatoms. The predicted octanol–water partition coefficient (Wildman–Crippen LogP) is 4.75. The van der Waals surface area contributed by atoms with Crippen LogP contribution in [0.15, 0.2) is 72.4 Å². The van der Waals surface area contributed by atoms with E-state index >= 15 is 0 Å². The first-order valence-electron chi connectivity index (χ1n) is 12.1. The highest BCUT2D eigenvalue weighted by Crippen LogP contribution is 2.34. The van der Waals surface area contributed by atoms with Crippen LogP contribution in [0.2, 0.25) is 0 Å². The summed E-state index contributed by atoms with van der Waals surface area (Å²) in [5.41, 5.74) is 10.7. The molecule has 0 radical (unpaired) electrons. The smallest absolute Gasteiger partial charge is 0.145 e. The van der Waals surface area contributed by atoms with Gasteiger partial charge in [0.05, 0.1) is 39.1 Å². The van der Waals surface area contributed by atoms with E-state index in [0.29, 0.717) is 26.4 Å². The summed E-state index contributed by atoms with van der Waals surface area (Å²) in [6.45, 7) is 6.12. The normalized spacial score (nSPS) is 16.6. The van der Waals surface area contributed by atoms with Gasteiger partial charge in [0.25, 0.3) is 0 Å². The highest BCUT2D eigenvalue weighted by molar-refractivity contribution is 5.61. The topological polar surface area (TPSA) is 69.6 Å². The lowest BCUT2D eigenvalue weighted by Crippen LogP contribution is -2.32. The molecule has 1 aliphatic carbocycles. The number of fused-ring (bicyclic) bond motifs is 1. The van der Waals surface area contributed by atoms with Crippen LogP contribution in [0.4, 0.5) is 4.39 Å². The van der Waals surface area contributed by atoms with E-state index in [1.807, 2.05) is 65.2 Å². The van der Waals surface area contributed by atoms with Crippen LogP contribution in [0, 0.1) is 0 Å². The molecule has 3 N–H and O–H groups in total. The van der Waals surface area contributed by atoms with Crippen molar-refractivity contribution in [1.82, 2.24) is 4.57 Å². The number of aliphatic hydroxyl groups excluding tert-OH is 1. The molecule has 3 aromatic rings. The molecule has 0 aliphatic heterocycles. The predicted molar refractivity (Wildman–Crippen MR) is 136 cm³/mol. The molecule has 35 heavy (non-hydrogen) atoms. The maximum absolute atomic E-state index is 14.5. The van der Waals surface area contributed by atoms with Crippen molar-refractivity contribution in [2.24, 2.45) is 5.73 Å². The lowest BCUT2D eigenvalue weighted by atomic mass is 9.89. The first-order valence-corrected chi connectivity index (χ1v) is 12.1. The number of hydrogen-bond acceptors (Lipinski definition) is 4. The van der Waals surface area contributed by atoms with Crippen LogP contribution in [-0.4, -0.2) is 35.2 Å². The number of allylic oxidation sites excluding steroid dienone is 1. The summed E-state index contributed by atoms with van der Waals surface area (Å²) in [5, 5.41) is 10.8. The molecule has 0 spiro atoms. The van der Waals surface area contributed by atoms with Crippen molar-refractivity contribution in [3.63, 3.8) is 0 Å². The molecule has 0 saturated heterocycles. The van der Waals surface area contributed by atoms with E-state index in [-0.39, 0.29) is 24.1 Å². The van der Waals surface area contributed by atoms with Gasteiger partial charge in [-0.15, -0.1) is 0 Å². The molecule has 2 atom stereocenters. The second-order valence-corrected chi connectivity index (χ2v) is 9.88. The lowest BCUT2D eigenvalue weighted by Gasteiger charge is -2.29. The first-order chi connectivity index (χ1) is 16.8. The second kappa shape index (κ2) is 11.2. The molecule has 5 nitrogen and oxygen atoms in total. The monoisotopic (exact) mass is 478 g/mol. The van der Waals surface area contributed by atoms with E-state index in [1.165, 1.54) is 0 Å². The fraction of sp³-hybridized carbons (Fsp3) is 0.379. The van der Waals surface area contributed by atoms with Gasteiger partial charge < -0.3 is 24.9 Å². The van der Waals surface area contributed by atoms with Gasteiger partial charge in [0, 0.05) is 28.9 Å². The number of aliphatic hydroxyl groups is 1. The molecule has 0 fully saturated rings. The summed E-state index contributed by atoms with van der Waals surface area (Å²) in [5.74, 6) is 0. The maximum Gasteiger partial charge on any atom is 0.145 e. The van der Waals surface area contributed by atoms with Gasteiger partial charge >= 0.3 is 0 Å². The number of aromatic nitrogens is 1. The molecule has 0 saturated carbocycles. The minimum atomic E-state index is -1.23. The summed E-state index contributed by atoms with van der Waals surface area (Å²) in [4.78, 5) is 0. The van der Waals surface area contributed by atoms with Gasteiger partial charge in [-0.05, 0) is 28.8 Å². The van der Waals surface area contributed by atoms with Gasteiger partial charge in [-0.25, -0.2) is 4.39 Å². The lowest BCUT2D eigenvalue weighted by molar-refractivity contribution is 0.0184. The van der Waals surface area contributed by atoms with Crippen LogP contribution < -0.4 is 5.73 Å². The number of nitrogens with zero attached hydrogens (tertiary/aromatic N) is 1. The standard InChI is InChI=1S/C29H35FN2O3/c1-29(2,20-35-18-22-11-7-4-8-12-22)28-14-23-13-26(31)25(30)15-27(23)32(28)16-24(33)19-34-17-21-9-5-3-6-10-21/h3-14,24-25,33H,15-20,31H2,1-2H3/t24-,25?/m1/s1. The Labute approximate surface area is 207 Å². The SMILES string of the molecule is CC(C)(COCc1ccccc1)c1cc2c(n1C[C@@H](O)COCc1ccccc1)CC(F)C(N)=C2. The van der Waals surface area contributed by atoms with Crippen LogP contribution in [0.5, 0.6) is 0 Å². The Balaban J connectivity index is 1.48. The van der Waals surface area contributed by atoms with Crippen LogP contribution in [0.1, 0.15) is 41.9 Å². The average Bonchev–Trinajstić information content (AvgIpc) is 3.18. The van der Waals surface area contributed by atoms with Gasteiger partial charge in [-0.3, -0.25) is 0 Å². The first kappa shape index (κ1) is 25.2. The Hall–Kier alpha value is -2.93. The van der Waals surface area contributed by atoms with Crippen molar-refractivity contribution >= 4 is 6.08 Å². The summed E-state index contributed by atoms with van der Waals surface area (Å²) in [6.07, 6.45) is -0.0666. The quantitative estimate of drug-likeness (QED) is 0.417. The molecule has 186 valence electrons. The molecule has 2 aromatic carbocycles. The minimum absolute atomic E-state index is 0.184. The van der Waals surface area contributed by atoms with Crippen molar-refractivity contribution in [2.75, 3.05) is 13.2 Å². The van der Waals surface area contributed by atoms with E-state index in [2.05, 4.69) is 19.9 Å². The number of nitrogens with two attached hydrogens (primary N) is 1. The molecule has 1 unspecified atom stereocenters. The van der Waals surface area contributed by atoms with Crippen LogP contribution in [0.3, 0.4) is 0 Å². The summed E-state index contributed by atoms with van der Waals surface area (Å²) >= 11 is 0. The van der Waals surface area contributed by atoms with Crippen molar-refractivity contribution in [2.45, 2.75) is 57.7 Å². The van der Waals surface area contributed by atoms with Gasteiger partial charge in [0.15, 0.2) is 0 Å². The fourth-order valence-electron chi connectivity index (χ4n) is 4.51. The Morgan fingerprint density at radius 3 is 2.26 bits per heavy atom. The van der Waals surface area contributed by atoms with E-state index < -0.39 is 12.3 Å². The van der Waals surface area contributed by atoms with E-state index in [0.717, 1.165) is 28.1 Å². The highest BCUT2D eigenvalue weighted by atomic mass is 19.1. The van der Waals surface area contributed by atoms with Crippen molar-refractivity contribution in [3.8, 4) is 0 Å². The number of benzene rings is 2. The Morgan fingerprint density at radius 1 is 1.03 bits per heavy atom. The molecule has 0 amide bonds. The average molecular weight is 479 g/mol. The molecular formula is C29H35FN2O3. The fourth-order valence-corrected chi connectivity index (χ4v) is 4.51. The van der Waals surface area contributed by atoms with Gasteiger partial charge in [-0.2, -0.15) is 0 Å². The third kappa shape index (κ3) is 6.40. The number of halogens is 1. The Kier molecular flexibility index (Phi) is 8.06. The molecule has 1 aliphatic rings. The second-order valence-electron chi connectivity index (χ2n) is 9.88. The zero-order chi connectivity index (χ0) is 24.8. The minimum Gasteiger partial charge on any atom is -0.400 e. The molecule has 0 bridgehead atoms. The number of rotatable bonds is 11. The largest absolute Gasteiger partial charge is 0.400 e. The third-order valence-electron chi connectivity index (χ3n) is 6.38. The number of alkyl halides is 1. The van der Waals surface area contributed by atoms with E-state index in [1.54, 1.807) is 6.08 Å². The van der Waals surface area contributed by atoms with E-state index in [4.69, 9.17) is 15.2 Å². The van der Waals surface area contributed by atoms with Crippen LogP contribution in [-0.2, 0) is 41.1 Å². The van der Waals surface area contributed by atoms with Gasteiger partial charge in [0.2, 0.25) is 0 Å². The Morgan fingerprint density at radius 2 is 1.63 bits per heavy atom. The molecular weight excluding hydrogens is 443 g/mol. The summed E-state index contributed by atoms with van der Waals surface area (Å²) in [6, 6.07) is 22.0. The summed E-state index contributed by atoms with van der Waals surface area (Å²) < 4.78 is 28.4. The highest BCUT2D eigenvalue weighted by Gasteiger charge is 2.32. The van der Waals surface area contributed by atoms with Crippen molar-refractivity contribution in [3.05, 3.63) is 101 Å². The third-order valence-corrected chi connectivity index (χ3v) is 6.38. The van der Waals surface area contributed by atoms with Crippen LogP contribution in [0.25, 0.3) is 6.08 Å². The zero-order valence-electron chi connectivity index (χ0n) is 20.5. The van der Waals surface area contributed by atoms with Crippen molar-refractivity contribution < 1.29 is 19.0 Å². The maximum atomic E-state index is 14.5. The van der Waals surface area contributed by atoms with Gasteiger partial charge in [0.1, 0.15) is 6.17 Å².